The van der Waals surface area contributed by atoms with Crippen LogP contribution in [0, 0.1) is 0 Å². The van der Waals surface area contributed by atoms with Crippen molar-refractivity contribution in [3.8, 4) is 0 Å². The van der Waals surface area contributed by atoms with E-state index in [9.17, 15) is 0 Å². The summed E-state index contributed by atoms with van der Waals surface area (Å²) in [6, 6.07) is 0.362. The van der Waals surface area contributed by atoms with Gasteiger partial charge in [-0.3, -0.25) is 10.4 Å². The van der Waals surface area contributed by atoms with Crippen LogP contribution in [0.4, 0.5) is 0 Å². The first-order valence-electron chi connectivity index (χ1n) is 5.11. The van der Waals surface area contributed by atoms with Crippen molar-refractivity contribution in [3.05, 3.63) is 0 Å². The highest BCUT2D eigenvalue weighted by Gasteiger charge is 2.14. The molecule has 82 valence electrons. The molecule has 1 saturated heterocycles. The number of guanidine groups is 1. The van der Waals surface area contributed by atoms with Crippen molar-refractivity contribution < 1.29 is 0 Å². The summed E-state index contributed by atoms with van der Waals surface area (Å²) in [7, 11) is 0. The SMILES string of the molecule is CC(C)NC(=NCC1CCCS1)NN. The van der Waals surface area contributed by atoms with Crippen LogP contribution in [0.5, 0.6) is 0 Å². The van der Waals surface area contributed by atoms with E-state index in [0.29, 0.717) is 17.3 Å². The Balaban J connectivity index is 2.30. The molecule has 0 amide bonds. The van der Waals surface area contributed by atoms with Gasteiger partial charge in [0.25, 0.3) is 0 Å². The zero-order chi connectivity index (χ0) is 10.4. The van der Waals surface area contributed by atoms with E-state index in [1.807, 2.05) is 11.8 Å². The fraction of sp³-hybridized carbons (Fsp3) is 0.889. The number of hydrogen-bond acceptors (Lipinski definition) is 3. The first-order valence-corrected chi connectivity index (χ1v) is 6.16. The molecule has 0 aliphatic carbocycles. The van der Waals surface area contributed by atoms with Crippen LogP contribution in [0.15, 0.2) is 4.99 Å². The quantitative estimate of drug-likeness (QED) is 0.281. The summed E-state index contributed by atoms with van der Waals surface area (Å²) in [6.45, 7) is 5.00. The Bertz CT molecular complexity index is 187. The maximum Gasteiger partial charge on any atom is 0.205 e. The average Bonchev–Trinajstić information content (AvgIpc) is 2.64. The molecule has 1 aliphatic rings. The molecule has 1 fully saturated rings. The molecule has 0 spiro atoms. The zero-order valence-corrected chi connectivity index (χ0v) is 9.73. The van der Waals surface area contributed by atoms with Crippen molar-refractivity contribution in [2.75, 3.05) is 12.3 Å². The Hall–Kier alpha value is -0.420. The first kappa shape index (κ1) is 11.7. The van der Waals surface area contributed by atoms with Crippen LogP contribution in [-0.4, -0.2) is 29.5 Å². The van der Waals surface area contributed by atoms with Crippen molar-refractivity contribution in [3.63, 3.8) is 0 Å². The lowest BCUT2D eigenvalue weighted by Gasteiger charge is -2.13. The number of hydrogen-bond donors (Lipinski definition) is 3. The number of rotatable bonds is 3. The molecular formula is C9H20N4S. The molecule has 5 heteroatoms. The smallest absolute Gasteiger partial charge is 0.205 e. The highest BCUT2D eigenvalue weighted by Crippen LogP contribution is 2.25. The molecule has 0 aromatic heterocycles. The number of nitrogens with zero attached hydrogens (tertiary/aromatic N) is 1. The van der Waals surface area contributed by atoms with E-state index in [2.05, 4.69) is 29.6 Å². The molecule has 4 N–H and O–H groups in total. The van der Waals surface area contributed by atoms with Crippen LogP contribution in [-0.2, 0) is 0 Å². The number of nitrogens with two attached hydrogens (primary N) is 1. The Morgan fingerprint density at radius 2 is 2.43 bits per heavy atom. The standard InChI is InChI=1S/C9H20N4S/c1-7(2)12-9(13-10)11-6-8-4-3-5-14-8/h7-8H,3-6,10H2,1-2H3,(H2,11,12,13). The fourth-order valence-electron chi connectivity index (χ4n) is 1.39. The minimum atomic E-state index is 0.362. The molecule has 4 nitrogen and oxygen atoms in total. The third-order valence-electron chi connectivity index (χ3n) is 2.04. The average molecular weight is 216 g/mol. The second kappa shape index (κ2) is 6.14. The summed E-state index contributed by atoms with van der Waals surface area (Å²) >= 11 is 2.01. The van der Waals surface area contributed by atoms with Crippen molar-refractivity contribution in [1.82, 2.24) is 10.7 Å². The third-order valence-corrected chi connectivity index (χ3v) is 3.42. The Labute approximate surface area is 90.1 Å². The lowest BCUT2D eigenvalue weighted by Crippen LogP contribution is -2.44. The fourth-order valence-corrected chi connectivity index (χ4v) is 2.57. The lowest BCUT2D eigenvalue weighted by atomic mass is 10.2. The van der Waals surface area contributed by atoms with Gasteiger partial charge in [-0.25, -0.2) is 5.84 Å². The van der Waals surface area contributed by atoms with Crippen molar-refractivity contribution >= 4 is 17.7 Å². The van der Waals surface area contributed by atoms with Gasteiger partial charge in [0.05, 0.1) is 6.54 Å². The monoisotopic (exact) mass is 216 g/mol. The van der Waals surface area contributed by atoms with Crippen LogP contribution in [0.2, 0.25) is 0 Å². The molecule has 0 aromatic rings. The van der Waals surface area contributed by atoms with E-state index in [0.717, 1.165) is 6.54 Å². The van der Waals surface area contributed by atoms with Gasteiger partial charge in [-0.05, 0) is 32.4 Å². The highest BCUT2D eigenvalue weighted by molar-refractivity contribution is 8.00. The minimum absolute atomic E-state index is 0.362. The Kier molecular flexibility index (Phi) is 5.11. The van der Waals surface area contributed by atoms with Crippen molar-refractivity contribution in [1.29, 1.82) is 0 Å². The zero-order valence-electron chi connectivity index (χ0n) is 8.92. The van der Waals surface area contributed by atoms with E-state index in [1.54, 1.807) is 0 Å². The van der Waals surface area contributed by atoms with Gasteiger partial charge < -0.3 is 5.32 Å². The van der Waals surface area contributed by atoms with Crippen LogP contribution < -0.4 is 16.6 Å². The van der Waals surface area contributed by atoms with Gasteiger partial charge in [0.15, 0.2) is 0 Å². The number of nitrogens with one attached hydrogen (secondary N) is 2. The topological polar surface area (TPSA) is 62.4 Å². The van der Waals surface area contributed by atoms with Gasteiger partial charge in [0.2, 0.25) is 5.96 Å². The van der Waals surface area contributed by atoms with Gasteiger partial charge in [-0.2, -0.15) is 11.8 Å². The maximum absolute atomic E-state index is 5.36. The number of aliphatic imine (C=N–C) groups is 1. The molecule has 1 unspecified atom stereocenters. The Morgan fingerprint density at radius 1 is 1.64 bits per heavy atom. The summed E-state index contributed by atoms with van der Waals surface area (Å²) in [5.74, 6) is 7.34. The third kappa shape index (κ3) is 4.19. The van der Waals surface area contributed by atoms with Crippen molar-refractivity contribution in [2.45, 2.75) is 38.0 Å². The van der Waals surface area contributed by atoms with Gasteiger partial charge in [0, 0.05) is 11.3 Å². The van der Waals surface area contributed by atoms with Crippen LogP contribution in [0.3, 0.4) is 0 Å². The molecule has 1 rings (SSSR count). The molecule has 14 heavy (non-hydrogen) atoms. The largest absolute Gasteiger partial charge is 0.353 e. The van der Waals surface area contributed by atoms with Crippen molar-refractivity contribution in [2.24, 2.45) is 10.8 Å². The first-order chi connectivity index (χ1) is 6.72. The van der Waals surface area contributed by atoms with Crippen LogP contribution in [0.25, 0.3) is 0 Å². The maximum atomic E-state index is 5.36. The lowest BCUT2D eigenvalue weighted by molar-refractivity contribution is 0.697. The molecule has 0 radical (unpaired) electrons. The van der Waals surface area contributed by atoms with E-state index in [4.69, 9.17) is 5.84 Å². The van der Waals surface area contributed by atoms with Gasteiger partial charge in [-0.1, -0.05) is 0 Å². The van der Waals surface area contributed by atoms with Gasteiger partial charge >= 0.3 is 0 Å². The highest BCUT2D eigenvalue weighted by atomic mass is 32.2. The van der Waals surface area contributed by atoms with Gasteiger partial charge in [0.1, 0.15) is 0 Å². The second-order valence-electron chi connectivity index (χ2n) is 3.77. The van der Waals surface area contributed by atoms with Crippen LogP contribution >= 0.6 is 11.8 Å². The number of hydrazine groups is 1. The van der Waals surface area contributed by atoms with Gasteiger partial charge in [-0.15, -0.1) is 0 Å². The molecule has 1 heterocycles. The normalized spacial score (nSPS) is 22.9. The summed E-state index contributed by atoms with van der Waals surface area (Å²) in [6.07, 6.45) is 2.61. The number of thioether (sulfide) groups is 1. The molecule has 0 aromatic carbocycles. The molecule has 0 saturated carbocycles. The van der Waals surface area contributed by atoms with E-state index < -0.39 is 0 Å². The minimum Gasteiger partial charge on any atom is -0.353 e. The van der Waals surface area contributed by atoms with E-state index >= 15 is 0 Å². The van der Waals surface area contributed by atoms with E-state index in [1.165, 1.54) is 18.6 Å². The summed E-state index contributed by atoms with van der Waals surface area (Å²) in [5, 5.41) is 3.85. The summed E-state index contributed by atoms with van der Waals surface area (Å²) in [5.41, 5.74) is 2.59. The molecule has 1 aliphatic heterocycles. The molecular weight excluding hydrogens is 196 g/mol. The second-order valence-corrected chi connectivity index (χ2v) is 5.18. The van der Waals surface area contributed by atoms with Crippen LogP contribution in [0.1, 0.15) is 26.7 Å². The summed E-state index contributed by atoms with van der Waals surface area (Å²) < 4.78 is 0. The Morgan fingerprint density at radius 3 is 2.93 bits per heavy atom. The molecule has 1 atom stereocenters. The predicted octanol–water partition coefficient (Wildman–Crippen LogP) is 0.699. The van der Waals surface area contributed by atoms with E-state index in [-0.39, 0.29) is 0 Å². The predicted molar refractivity (Wildman–Crippen MR) is 63.4 cm³/mol. The molecule has 0 bridgehead atoms. The summed E-state index contributed by atoms with van der Waals surface area (Å²) in [4.78, 5) is 4.41.